The lowest BCUT2D eigenvalue weighted by molar-refractivity contribution is 0.0709. The van der Waals surface area contributed by atoms with Crippen molar-refractivity contribution in [3.8, 4) is 0 Å². The molecule has 2 N–H and O–H groups in total. The second kappa shape index (κ2) is 6.11. The van der Waals surface area contributed by atoms with Crippen LogP contribution in [0, 0.1) is 11.6 Å². The first-order chi connectivity index (χ1) is 8.08. The van der Waals surface area contributed by atoms with Crippen LogP contribution < -0.4 is 5.73 Å². The highest BCUT2D eigenvalue weighted by atomic mass is 35.5. The van der Waals surface area contributed by atoms with Gasteiger partial charge in [-0.2, -0.15) is 0 Å². The van der Waals surface area contributed by atoms with Crippen LogP contribution in [-0.2, 0) is 0 Å². The number of rotatable bonds is 1. The third-order valence-corrected chi connectivity index (χ3v) is 2.99. The normalized spacial score (nSPS) is 16.3. The number of nitrogens with zero attached hydrogens (tertiary/aromatic N) is 1. The van der Waals surface area contributed by atoms with Gasteiger partial charge in [-0.3, -0.25) is 4.79 Å². The molecule has 0 saturated carbocycles. The first-order valence-electron chi connectivity index (χ1n) is 5.58. The molecule has 6 heteroatoms. The summed E-state index contributed by atoms with van der Waals surface area (Å²) in [5, 5.41) is 0. The molecule has 0 spiro atoms. The van der Waals surface area contributed by atoms with Crippen LogP contribution in [0.3, 0.4) is 0 Å². The van der Waals surface area contributed by atoms with E-state index in [1.807, 2.05) is 0 Å². The Hall–Kier alpha value is -1.20. The van der Waals surface area contributed by atoms with E-state index in [0.29, 0.717) is 25.9 Å². The standard InChI is InChI=1S/C12H14F2N2O.ClH/c13-8-1-2-11(14)10(7-8)12(17)16-5-3-9(15)4-6-16;/h1-2,7,9H,3-6,15H2;1H. The second-order valence-electron chi connectivity index (χ2n) is 4.25. The molecule has 1 aliphatic rings. The molecule has 0 atom stereocenters. The van der Waals surface area contributed by atoms with Crippen LogP contribution in [0.5, 0.6) is 0 Å². The number of hydrogen-bond acceptors (Lipinski definition) is 2. The summed E-state index contributed by atoms with van der Waals surface area (Å²) in [6.07, 6.45) is 1.39. The quantitative estimate of drug-likeness (QED) is 0.852. The van der Waals surface area contributed by atoms with Gasteiger partial charge in [0.2, 0.25) is 0 Å². The summed E-state index contributed by atoms with van der Waals surface area (Å²) in [7, 11) is 0. The van der Waals surface area contributed by atoms with Gasteiger partial charge in [0, 0.05) is 19.1 Å². The number of benzene rings is 1. The summed E-state index contributed by atoms with van der Waals surface area (Å²) in [6.45, 7) is 0.992. The number of nitrogens with two attached hydrogens (primary N) is 1. The molecule has 1 heterocycles. The zero-order valence-corrected chi connectivity index (χ0v) is 10.6. The Bertz CT molecular complexity index is 434. The fourth-order valence-electron chi connectivity index (χ4n) is 1.93. The Morgan fingerprint density at radius 3 is 2.50 bits per heavy atom. The van der Waals surface area contributed by atoms with Gasteiger partial charge in [-0.1, -0.05) is 0 Å². The Balaban J connectivity index is 0.00000162. The van der Waals surface area contributed by atoms with Crippen LogP contribution >= 0.6 is 12.4 Å². The largest absolute Gasteiger partial charge is 0.338 e. The van der Waals surface area contributed by atoms with Gasteiger partial charge >= 0.3 is 0 Å². The number of piperidine rings is 1. The Morgan fingerprint density at radius 1 is 1.28 bits per heavy atom. The molecule has 100 valence electrons. The van der Waals surface area contributed by atoms with Crippen molar-refractivity contribution in [2.24, 2.45) is 5.73 Å². The average Bonchev–Trinajstić information content (AvgIpc) is 2.32. The number of carbonyl (C=O) groups is 1. The highest BCUT2D eigenvalue weighted by molar-refractivity contribution is 5.94. The topological polar surface area (TPSA) is 46.3 Å². The van der Waals surface area contributed by atoms with Crippen LogP contribution in [0.1, 0.15) is 23.2 Å². The molecule has 1 saturated heterocycles. The SMILES string of the molecule is Cl.NC1CCN(C(=O)c2cc(F)ccc2F)CC1. The summed E-state index contributed by atoms with van der Waals surface area (Å²) in [4.78, 5) is 13.5. The van der Waals surface area contributed by atoms with Gasteiger partial charge in [0.15, 0.2) is 0 Å². The number of halogens is 3. The minimum Gasteiger partial charge on any atom is -0.338 e. The van der Waals surface area contributed by atoms with Gasteiger partial charge in [-0.25, -0.2) is 8.78 Å². The average molecular weight is 277 g/mol. The Morgan fingerprint density at radius 2 is 1.89 bits per heavy atom. The van der Waals surface area contributed by atoms with E-state index in [0.717, 1.165) is 18.2 Å². The molecule has 0 aromatic heterocycles. The van der Waals surface area contributed by atoms with Crippen LogP contribution in [0.4, 0.5) is 8.78 Å². The minimum absolute atomic E-state index is 0. The van der Waals surface area contributed by atoms with Gasteiger partial charge in [0.05, 0.1) is 5.56 Å². The number of hydrogen-bond donors (Lipinski definition) is 1. The number of likely N-dealkylation sites (tertiary alicyclic amines) is 1. The van der Waals surface area contributed by atoms with E-state index in [-0.39, 0.29) is 24.0 Å². The van der Waals surface area contributed by atoms with E-state index in [1.54, 1.807) is 0 Å². The van der Waals surface area contributed by atoms with Gasteiger partial charge in [0.25, 0.3) is 5.91 Å². The van der Waals surface area contributed by atoms with Crippen LogP contribution in [0.25, 0.3) is 0 Å². The van der Waals surface area contributed by atoms with E-state index in [2.05, 4.69) is 0 Å². The van der Waals surface area contributed by atoms with Crippen LogP contribution in [-0.4, -0.2) is 29.9 Å². The molecule has 1 aromatic rings. The van der Waals surface area contributed by atoms with Crippen molar-refractivity contribution in [2.75, 3.05) is 13.1 Å². The van der Waals surface area contributed by atoms with E-state index in [9.17, 15) is 13.6 Å². The summed E-state index contributed by atoms with van der Waals surface area (Å²) < 4.78 is 26.4. The number of carbonyl (C=O) groups excluding carboxylic acids is 1. The van der Waals surface area contributed by atoms with Crippen LogP contribution in [0.2, 0.25) is 0 Å². The van der Waals surface area contributed by atoms with E-state index in [4.69, 9.17) is 5.73 Å². The van der Waals surface area contributed by atoms with Crippen molar-refractivity contribution in [1.29, 1.82) is 0 Å². The molecule has 0 radical (unpaired) electrons. The molecule has 2 rings (SSSR count). The molecule has 0 unspecified atom stereocenters. The smallest absolute Gasteiger partial charge is 0.256 e. The van der Waals surface area contributed by atoms with Crippen molar-refractivity contribution >= 4 is 18.3 Å². The third-order valence-electron chi connectivity index (χ3n) is 2.99. The molecular weight excluding hydrogens is 262 g/mol. The van der Waals surface area contributed by atoms with Crippen LogP contribution in [0.15, 0.2) is 18.2 Å². The molecule has 0 aliphatic carbocycles. The summed E-state index contributed by atoms with van der Waals surface area (Å²) in [5.74, 6) is -1.76. The highest BCUT2D eigenvalue weighted by Crippen LogP contribution is 2.16. The molecule has 1 fully saturated rings. The van der Waals surface area contributed by atoms with Crippen molar-refractivity contribution < 1.29 is 13.6 Å². The summed E-state index contributed by atoms with van der Waals surface area (Å²) >= 11 is 0. The van der Waals surface area contributed by atoms with Gasteiger partial charge < -0.3 is 10.6 Å². The molecule has 1 aliphatic heterocycles. The zero-order chi connectivity index (χ0) is 12.4. The van der Waals surface area contributed by atoms with E-state index in [1.165, 1.54) is 4.90 Å². The van der Waals surface area contributed by atoms with Crippen molar-refractivity contribution in [1.82, 2.24) is 4.90 Å². The van der Waals surface area contributed by atoms with E-state index >= 15 is 0 Å². The lowest BCUT2D eigenvalue weighted by Crippen LogP contribution is -2.43. The lowest BCUT2D eigenvalue weighted by Gasteiger charge is -2.30. The minimum atomic E-state index is -0.689. The fourth-order valence-corrected chi connectivity index (χ4v) is 1.93. The summed E-state index contributed by atoms with van der Waals surface area (Å²) in [6, 6.07) is 3.00. The Kier molecular flexibility index (Phi) is 5.04. The Labute approximate surface area is 110 Å². The maximum absolute atomic E-state index is 13.4. The molecular formula is C12H15ClF2N2O. The maximum Gasteiger partial charge on any atom is 0.256 e. The van der Waals surface area contributed by atoms with Crippen molar-refractivity contribution in [2.45, 2.75) is 18.9 Å². The third kappa shape index (κ3) is 3.17. The molecule has 3 nitrogen and oxygen atoms in total. The predicted molar refractivity (Wildman–Crippen MR) is 66.7 cm³/mol. The molecule has 1 amide bonds. The lowest BCUT2D eigenvalue weighted by atomic mass is 10.0. The first-order valence-corrected chi connectivity index (χ1v) is 5.58. The van der Waals surface area contributed by atoms with Gasteiger partial charge in [-0.15, -0.1) is 12.4 Å². The number of amides is 1. The monoisotopic (exact) mass is 276 g/mol. The van der Waals surface area contributed by atoms with Gasteiger partial charge in [-0.05, 0) is 31.0 Å². The van der Waals surface area contributed by atoms with Crippen molar-refractivity contribution in [3.05, 3.63) is 35.4 Å². The second-order valence-corrected chi connectivity index (χ2v) is 4.25. The van der Waals surface area contributed by atoms with Gasteiger partial charge in [0.1, 0.15) is 11.6 Å². The molecule has 0 bridgehead atoms. The molecule has 1 aromatic carbocycles. The highest BCUT2D eigenvalue weighted by Gasteiger charge is 2.23. The summed E-state index contributed by atoms with van der Waals surface area (Å²) in [5.41, 5.74) is 5.51. The maximum atomic E-state index is 13.4. The molecule has 18 heavy (non-hydrogen) atoms. The zero-order valence-electron chi connectivity index (χ0n) is 9.73. The predicted octanol–water partition coefficient (Wildman–Crippen LogP) is 1.95. The van der Waals surface area contributed by atoms with Crippen molar-refractivity contribution in [3.63, 3.8) is 0 Å². The first kappa shape index (κ1) is 14.9. The fraction of sp³-hybridized carbons (Fsp3) is 0.417. The van der Waals surface area contributed by atoms with E-state index < -0.39 is 17.5 Å².